The molecule has 0 unspecified atom stereocenters. The monoisotopic (exact) mass is 376 g/mol. The Balaban J connectivity index is 1.99. The molecule has 1 aliphatic rings. The number of nitrogens with zero attached hydrogens (tertiary/aromatic N) is 2. The van der Waals surface area contributed by atoms with E-state index in [1.54, 1.807) is 0 Å². The Hall–Kier alpha value is -2.88. The van der Waals surface area contributed by atoms with E-state index in [-0.39, 0.29) is 11.8 Å². The summed E-state index contributed by atoms with van der Waals surface area (Å²) in [6.07, 6.45) is 4.11. The molecule has 0 N–H and O–H groups in total. The molecule has 2 aromatic rings. The first kappa shape index (κ1) is 19.9. The van der Waals surface area contributed by atoms with Crippen molar-refractivity contribution in [2.75, 3.05) is 18.5 Å². The van der Waals surface area contributed by atoms with Gasteiger partial charge in [0.05, 0.1) is 5.57 Å². The molecule has 1 aliphatic heterocycles. The van der Waals surface area contributed by atoms with Crippen molar-refractivity contribution in [1.82, 2.24) is 4.90 Å². The first-order valence-corrected chi connectivity index (χ1v) is 10.0. The Morgan fingerprint density at radius 3 is 2.18 bits per heavy atom. The molecule has 28 heavy (non-hydrogen) atoms. The number of amides is 2. The van der Waals surface area contributed by atoms with Gasteiger partial charge in [-0.25, -0.2) is 0 Å². The molecule has 4 heteroatoms. The van der Waals surface area contributed by atoms with E-state index in [1.807, 2.05) is 73.5 Å². The number of anilines is 1. The van der Waals surface area contributed by atoms with Crippen molar-refractivity contribution in [2.45, 2.75) is 39.5 Å². The molecule has 0 radical (unpaired) electrons. The van der Waals surface area contributed by atoms with Gasteiger partial charge >= 0.3 is 0 Å². The summed E-state index contributed by atoms with van der Waals surface area (Å²) < 4.78 is 0. The number of unbranched alkanes of at least 4 members (excludes halogenated alkanes) is 3. The van der Waals surface area contributed by atoms with E-state index in [2.05, 4.69) is 6.92 Å². The van der Waals surface area contributed by atoms with Gasteiger partial charge in [-0.1, -0.05) is 74.2 Å². The number of benzene rings is 2. The molecule has 0 fully saturated rings. The van der Waals surface area contributed by atoms with Crippen molar-refractivity contribution < 1.29 is 9.59 Å². The quantitative estimate of drug-likeness (QED) is 0.491. The van der Waals surface area contributed by atoms with E-state index in [0.29, 0.717) is 17.8 Å². The SMILES string of the molecule is CCCCCCN1C(=O)C(c2ccc(C)cc2)=C(N(C)c2ccccc2)C1=O. The fourth-order valence-electron chi connectivity index (χ4n) is 3.54. The minimum absolute atomic E-state index is 0.192. The van der Waals surface area contributed by atoms with Gasteiger partial charge in [0.1, 0.15) is 5.70 Å². The maximum absolute atomic E-state index is 13.3. The lowest BCUT2D eigenvalue weighted by atomic mass is 10.0. The van der Waals surface area contributed by atoms with Gasteiger partial charge in [-0.3, -0.25) is 14.5 Å². The summed E-state index contributed by atoms with van der Waals surface area (Å²) in [5, 5.41) is 0. The fourth-order valence-corrected chi connectivity index (χ4v) is 3.54. The molecule has 2 amide bonds. The van der Waals surface area contributed by atoms with Crippen molar-refractivity contribution in [1.29, 1.82) is 0 Å². The zero-order chi connectivity index (χ0) is 20.1. The molecule has 1 heterocycles. The zero-order valence-electron chi connectivity index (χ0n) is 16.9. The summed E-state index contributed by atoms with van der Waals surface area (Å²) in [6, 6.07) is 17.5. The Bertz CT molecular complexity index is 869. The fraction of sp³-hybridized carbons (Fsp3) is 0.333. The van der Waals surface area contributed by atoms with Gasteiger partial charge in [-0.2, -0.15) is 0 Å². The lowest BCUT2D eigenvalue weighted by Crippen LogP contribution is -2.35. The lowest BCUT2D eigenvalue weighted by Gasteiger charge is -2.21. The van der Waals surface area contributed by atoms with Crippen LogP contribution < -0.4 is 4.90 Å². The number of hydrogen-bond donors (Lipinski definition) is 0. The number of rotatable bonds is 8. The van der Waals surface area contributed by atoms with Crippen LogP contribution in [0.4, 0.5) is 5.69 Å². The third-order valence-corrected chi connectivity index (χ3v) is 5.20. The van der Waals surface area contributed by atoms with E-state index >= 15 is 0 Å². The van der Waals surface area contributed by atoms with Gasteiger partial charge < -0.3 is 4.90 Å². The number of para-hydroxylation sites is 1. The van der Waals surface area contributed by atoms with Gasteiger partial charge in [0.15, 0.2) is 0 Å². The predicted molar refractivity (Wildman–Crippen MR) is 114 cm³/mol. The van der Waals surface area contributed by atoms with E-state index in [0.717, 1.165) is 42.5 Å². The normalized spacial score (nSPS) is 14.2. The third kappa shape index (κ3) is 4.01. The van der Waals surface area contributed by atoms with Crippen LogP contribution in [0.25, 0.3) is 5.57 Å². The highest BCUT2D eigenvalue weighted by atomic mass is 16.2. The number of carbonyl (C=O) groups excluding carboxylic acids is 2. The number of likely N-dealkylation sites (N-methyl/N-ethyl adjacent to an activating group) is 1. The van der Waals surface area contributed by atoms with Crippen LogP contribution in [0.2, 0.25) is 0 Å². The van der Waals surface area contributed by atoms with Crippen LogP contribution in [0.1, 0.15) is 43.7 Å². The van der Waals surface area contributed by atoms with E-state index in [1.165, 1.54) is 4.90 Å². The van der Waals surface area contributed by atoms with Crippen LogP contribution in [0.15, 0.2) is 60.3 Å². The van der Waals surface area contributed by atoms with Crippen LogP contribution in [-0.4, -0.2) is 30.3 Å². The lowest BCUT2D eigenvalue weighted by molar-refractivity contribution is -0.136. The molecule has 0 aliphatic carbocycles. The highest BCUT2D eigenvalue weighted by Gasteiger charge is 2.40. The second-order valence-corrected chi connectivity index (χ2v) is 7.31. The number of hydrogen-bond acceptors (Lipinski definition) is 3. The number of imide groups is 1. The predicted octanol–water partition coefficient (Wildman–Crippen LogP) is 4.79. The Morgan fingerprint density at radius 1 is 0.857 bits per heavy atom. The summed E-state index contributed by atoms with van der Waals surface area (Å²) in [5.74, 6) is -0.397. The highest BCUT2D eigenvalue weighted by Crippen LogP contribution is 2.33. The number of aryl methyl sites for hydroxylation is 1. The summed E-state index contributed by atoms with van der Waals surface area (Å²) in [5.41, 5.74) is 3.74. The topological polar surface area (TPSA) is 40.6 Å². The molecule has 146 valence electrons. The molecule has 0 saturated heterocycles. The van der Waals surface area contributed by atoms with Crippen molar-refractivity contribution in [3.63, 3.8) is 0 Å². The van der Waals surface area contributed by atoms with Gasteiger partial charge in [0.25, 0.3) is 11.8 Å². The Labute approximate surface area is 167 Å². The van der Waals surface area contributed by atoms with Crippen LogP contribution in [0.3, 0.4) is 0 Å². The van der Waals surface area contributed by atoms with Crippen LogP contribution >= 0.6 is 0 Å². The largest absolute Gasteiger partial charge is 0.339 e. The molecule has 0 spiro atoms. The maximum atomic E-state index is 13.3. The minimum Gasteiger partial charge on any atom is -0.339 e. The first-order valence-electron chi connectivity index (χ1n) is 10.0. The van der Waals surface area contributed by atoms with Gasteiger partial charge in [0, 0.05) is 19.3 Å². The minimum atomic E-state index is -0.205. The molecule has 0 aromatic heterocycles. The van der Waals surface area contributed by atoms with Crippen molar-refractivity contribution in [3.8, 4) is 0 Å². The summed E-state index contributed by atoms with van der Waals surface area (Å²) in [4.78, 5) is 29.7. The van der Waals surface area contributed by atoms with Gasteiger partial charge in [-0.05, 0) is 31.0 Å². The molecule has 4 nitrogen and oxygen atoms in total. The van der Waals surface area contributed by atoms with E-state index in [9.17, 15) is 9.59 Å². The summed E-state index contributed by atoms with van der Waals surface area (Å²) in [6.45, 7) is 4.63. The van der Waals surface area contributed by atoms with E-state index < -0.39 is 0 Å². The van der Waals surface area contributed by atoms with Crippen molar-refractivity contribution in [3.05, 3.63) is 71.4 Å². The smallest absolute Gasteiger partial charge is 0.278 e. The molecule has 0 saturated carbocycles. The van der Waals surface area contributed by atoms with Gasteiger partial charge in [0.2, 0.25) is 0 Å². The average molecular weight is 377 g/mol. The molecule has 2 aromatic carbocycles. The molecular formula is C24H28N2O2. The van der Waals surface area contributed by atoms with E-state index in [4.69, 9.17) is 0 Å². The first-order chi connectivity index (χ1) is 13.5. The van der Waals surface area contributed by atoms with Crippen molar-refractivity contribution in [2.24, 2.45) is 0 Å². The molecule has 3 rings (SSSR count). The summed E-state index contributed by atoms with van der Waals surface area (Å²) in [7, 11) is 1.85. The molecular weight excluding hydrogens is 348 g/mol. The van der Waals surface area contributed by atoms with Crippen LogP contribution in [-0.2, 0) is 9.59 Å². The highest BCUT2D eigenvalue weighted by molar-refractivity contribution is 6.36. The number of carbonyl (C=O) groups is 2. The Kier molecular flexibility index (Phi) is 6.30. The molecule has 0 bridgehead atoms. The van der Waals surface area contributed by atoms with Gasteiger partial charge in [-0.15, -0.1) is 0 Å². The average Bonchev–Trinajstić information content (AvgIpc) is 2.96. The second kappa shape index (κ2) is 8.87. The third-order valence-electron chi connectivity index (χ3n) is 5.20. The standard InChI is InChI=1S/C24H28N2O2/c1-4-5-6-10-17-26-23(27)21(19-15-13-18(2)14-16-19)22(24(26)28)25(3)20-11-8-7-9-12-20/h7-9,11-16H,4-6,10,17H2,1-3H3. The maximum Gasteiger partial charge on any atom is 0.278 e. The van der Waals surface area contributed by atoms with Crippen LogP contribution in [0, 0.1) is 6.92 Å². The van der Waals surface area contributed by atoms with Crippen LogP contribution in [0.5, 0.6) is 0 Å². The molecule has 0 atom stereocenters. The Morgan fingerprint density at radius 2 is 1.54 bits per heavy atom. The zero-order valence-corrected chi connectivity index (χ0v) is 16.9. The van der Waals surface area contributed by atoms with Crippen molar-refractivity contribution >= 4 is 23.1 Å². The summed E-state index contributed by atoms with van der Waals surface area (Å²) >= 11 is 0. The second-order valence-electron chi connectivity index (χ2n) is 7.31.